The molecule has 0 bridgehead atoms. The van der Waals surface area contributed by atoms with Crippen LogP contribution < -0.4 is 15.2 Å². The number of nitrogen functional groups attached to an aromatic ring is 1. The van der Waals surface area contributed by atoms with E-state index in [-0.39, 0.29) is 15.6 Å². The number of halogens is 1. The summed E-state index contributed by atoms with van der Waals surface area (Å²) in [4.78, 5) is 0.112. The molecule has 0 saturated carbocycles. The van der Waals surface area contributed by atoms with E-state index in [1.165, 1.54) is 19.2 Å². The third-order valence-corrected chi connectivity index (χ3v) is 4.76. The van der Waals surface area contributed by atoms with Crippen molar-refractivity contribution in [2.75, 3.05) is 17.6 Å². The molecule has 2 aromatic carbocycles. The van der Waals surface area contributed by atoms with Crippen molar-refractivity contribution < 1.29 is 13.2 Å². The van der Waals surface area contributed by atoms with Crippen LogP contribution in [0.3, 0.4) is 0 Å². The number of ether oxygens (including phenoxy) is 1. The van der Waals surface area contributed by atoms with Crippen LogP contribution in [0.2, 0.25) is 5.02 Å². The molecule has 0 amide bonds. The third kappa shape index (κ3) is 3.40. The third-order valence-electron chi connectivity index (χ3n) is 2.92. The van der Waals surface area contributed by atoms with Gasteiger partial charge in [0.1, 0.15) is 5.75 Å². The van der Waals surface area contributed by atoms with E-state index >= 15 is 0 Å². The summed E-state index contributed by atoms with van der Waals surface area (Å²) in [5, 5.41) is 0.279. The molecule has 0 atom stereocenters. The van der Waals surface area contributed by atoms with Gasteiger partial charge in [-0.25, -0.2) is 8.42 Å². The highest BCUT2D eigenvalue weighted by atomic mass is 35.5. The van der Waals surface area contributed by atoms with Crippen molar-refractivity contribution in [1.82, 2.24) is 0 Å². The highest BCUT2D eigenvalue weighted by molar-refractivity contribution is 7.92. The topological polar surface area (TPSA) is 81.4 Å². The standard InChI is InChI=1S/C14H15ClN2O3S/c1-9-3-4-10(16)7-14(9)21(18,19)17-13-8-11(20-2)5-6-12(13)15/h3-8,17H,16H2,1-2H3. The number of aryl methyl sites for hydroxylation is 1. The van der Waals surface area contributed by atoms with Crippen molar-refractivity contribution in [3.8, 4) is 5.75 Å². The first-order chi connectivity index (χ1) is 9.83. The zero-order valence-electron chi connectivity index (χ0n) is 11.6. The SMILES string of the molecule is COc1ccc(Cl)c(NS(=O)(=O)c2cc(N)ccc2C)c1. The van der Waals surface area contributed by atoms with Crippen molar-refractivity contribution >= 4 is 33.0 Å². The molecule has 0 aliphatic heterocycles. The summed E-state index contributed by atoms with van der Waals surface area (Å²) < 4.78 is 32.4. The van der Waals surface area contributed by atoms with Crippen LogP contribution in [0.5, 0.6) is 5.75 Å². The van der Waals surface area contributed by atoms with E-state index in [1.807, 2.05) is 0 Å². The Morgan fingerprint density at radius 3 is 2.57 bits per heavy atom. The maximum Gasteiger partial charge on any atom is 0.262 e. The summed E-state index contributed by atoms with van der Waals surface area (Å²) in [7, 11) is -2.29. The van der Waals surface area contributed by atoms with E-state index in [1.54, 1.807) is 31.2 Å². The number of anilines is 2. The number of nitrogens with one attached hydrogen (secondary N) is 1. The predicted octanol–water partition coefficient (Wildman–Crippen LogP) is 3.04. The minimum atomic E-state index is -3.78. The van der Waals surface area contributed by atoms with E-state index in [0.717, 1.165) is 0 Å². The van der Waals surface area contributed by atoms with Crippen LogP contribution in [-0.4, -0.2) is 15.5 Å². The van der Waals surface area contributed by atoms with Crippen molar-refractivity contribution in [1.29, 1.82) is 0 Å². The van der Waals surface area contributed by atoms with Crippen molar-refractivity contribution in [2.24, 2.45) is 0 Å². The lowest BCUT2D eigenvalue weighted by atomic mass is 10.2. The van der Waals surface area contributed by atoms with Crippen LogP contribution in [0.1, 0.15) is 5.56 Å². The number of methoxy groups -OCH3 is 1. The van der Waals surface area contributed by atoms with E-state index < -0.39 is 10.0 Å². The number of benzene rings is 2. The summed E-state index contributed by atoms with van der Waals surface area (Å²) in [6.45, 7) is 1.70. The minimum absolute atomic E-state index is 0.112. The molecule has 2 aromatic rings. The molecule has 0 heterocycles. The van der Waals surface area contributed by atoms with E-state index in [0.29, 0.717) is 17.0 Å². The van der Waals surface area contributed by atoms with Gasteiger partial charge in [0.15, 0.2) is 0 Å². The monoisotopic (exact) mass is 326 g/mol. The van der Waals surface area contributed by atoms with Gasteiger partial charge >= 0.3 is 0 Å². The molecular weight excluding hydrogens is 312 g/mol. The second-order valence-corrected chi connectivity index (χ2v) is 6.53. The van der Waals surface area contributed by atoms with Crippen molar-refractivity contribution in [3.63, 3.8) is 0 Å². The lowest BCUT2D eigenvalue weighted by Gasteiger charge is -2.13. The molecule has 2 rings (SSSR count). The molecular formula is C14H15ClN2O3S. The van der Waals surface area contributed by atoms with Gasteiger partial charge < -0.3 is 10.5 Å². The summed E-state index contributed by atoms with van der Waals surface area (Å²) in [6.07, 6.45) is 0. The fourth-order valence-electron chi connectivity index (χ4n) is 1.82. The molecule has 3 N–H and O–H groups in total. The number of hydrogen-bond donors (Lipinski definition) is 2. The van der Waals surface area contributed by atoms with Gasteiger partial charge in [-0.05, 0) is 36.8 Å². The fraction of sp³-hybridized carbons (Fsp3) is 0.143. The van der Waals surface area contributed by atoms with Crippen LogP contribution >= 0.6 is 11.6 Å². The Bertz CT molecular complexity index is 776. The fourth-order valence-corrected chi connectivity index (χ4v) is 3.39. The van der Waals surface area contributed by atoms with Gasteiger partial charge in [0.2, 0.25) is 0 Å². The summed E-state index contributed by atoms with van der Waals surface area (Å²) in [5.41, 5.74) is 6.87. The van der Waals surface area contributed by atoms with Gasteiger partial charge in [-0.3, -0.25) is 4.72 Å². The molecule has 112 valence electrons. The van der Waals surface area contributed by atoms with Gasteiger partial charge in [-0.2, -0.15) is 0 Å². The van der Waals surface area contributed by atoms with Crippen molar-refractivity contribution in [3.05, 3.63) is 47.0 Å². The zero-order valence-corrected chi connectivity index (χ0v) is 13.1. The number of hydrogen-bond acceptors (Lipinski definition) is 4. The van der Waals surface area contributed by atoms with Gasteiger partial charge in [-0.1, -0.05) is 17.7 Å². The Kier molecular flexibility index (Phi) is 4.29. The van der Waals surface area contributed by atoms with Gasteiger partial charge in [0, 0.05) is 11.8 Å². The second kappa shape index (κ2) is 5.83. The summed E-state index contributed by atoms with van der Waals surface area (Å²) >= 11 is 6.01. The van der Waals surface area contributed by atoms with E-state index in [9.17, 15) is 8.42 Å². The maximum absolute atomic E-state index is 12.5. The minimum Gasteiger partial charge on any atom is -0.497 e. The highest BCUT2D eigenvalue weighted by Gasteiger charge is 2.19. The largest absolute Gasteiger partial charge is 0.497 e. The smallest absolute Gasteiger partial charge is 0.262 e. The highest BCUT2D eigenvalue weighted by Crippen LogP contribution is 2.29. The van der Waals surface area contributed by atoms with Crippen molar-refractivity contribution in [2.45, 2.75) is 11.8 Å². The molecule has 0 fully saturated rings. The Morgan fingerprint density at radius 2 is 1.90 bits per heavy atom. The Hall–Kier alpha value is -1.92. The van der Waals surface area contributed by atoms with Gasteiger partial charge in [-0.15, -0.1) is 0 Å². The molecule has 0 aromatic heterocycles. The molecule has 0 radical (unpaired) electrons. The van der Waals surface area contributed by atoms with E-state index in [4.69, 9.17) is 22.1 Å². The molecule has 0 aliphatic carbocycles. The first-order valence-electron chi connectivity index (χ1n) is 6.06. The Labute approximate surface area is 128 Å². The molecule has 0 saturated heterocycles. The van der Waals surface area contributed by atoms with Gasteiger partial charge in [0.05, 0.1) is 22.7 Å². The van der Waals surface area contributed by atoms with Crippen LogP contribution in [0.4, 0.5) is 11.4 Å². The average Bonchev–Trinajstić information content (AvgIpc) is 2.43. The normalized spacial score (nSPS) is 11.2. The van der Waals surface area contributed by atoms with Crippen LogP contribution in [0.25, 0.3) is 0 Å². The van der Waals surface area contributed by atoms with Crippen LogP contribution in [0.15, 0.2) is 41.3 Å². The number of nitrogens with two attached hydrogens (primary N) is 1. The lowest BCUT2D eigenvalue weighted by molar-refractivity contribution is 0.415. The lowest BCUT2D eigenvalue weighted by Crippen LogP contribution is -2.15. The Balaban J connectivity index is 2.44. The number of sulfonamides is 1. The molecule has 0 spiro atoms. The molecule has 21 heavy (non-hydrogen) atoms. The molecule has 0 unspecified atom stereocenters. The zero-order chi connectivity index (χ0) is 15.6. The first kappa shape index (κ1) is 15.5. The molecule has 0 aliphatic rings. The maximum atomic E-state index is 12.5. The average molecular weight is 327 g/mol. The van der Waals surface area contributed by atoms with Crippen LogP contribution in [-0.2, 0) is 10.0 Å². The van der Waals surface area contributed by atoms with Crippen LogP contribution in [0, 0.1) is 6.92 Å². The second-order valence-electron chi connectivity index (χ2n) is 4.48. The Morgan fingerprint density at radius 1 is 1.19 bits per heavy atom. The number of rotatable bonds is 4. The summed E-state index contributed by atoms with van der Waals surface area (Å²) in [5.74, 6) is 0.501. The molecule has 7 heteroatoms. The predicted molar refractivity (Wildman–Crippen MR) is 84.4 cm³/mol. The quantitative estimate of drug-likeness (QED) is 0.846. The summed E-state index contributed by atoms with van der Waals surface area (Å²) in [6, 6.07) is 9.42. The van der Waals surface area contributed by atoms with E-state index in [2.05, 4.69) is 4.72 Å². The first-order valence-corrected chi connectivity index (χ1v) is 7.92. The molecule has 5 nitrogen and oxygen atoms in total. The van der Waals surface area contributed by atoms with Gasteiger partial charge in [0.25, 0.3) is 10.0 Å².